The molecule has 130 valence electrons. The third-order valence-corrected chi connectivity index (χ3v) is 3.84. The van der Waals surface area contributed by atoms with Gasteiger partial charge in [0.05, 0.1) is 4.92 Å². The van der Waals surface area contributed by atoms with Gasteiger partial charge in [-0.25, -0.2) is 0 Å². The molecule has 0 unspecified atom stereocenters. The predicted molar refractivity (Wildman–Crippen MR) is 93.5 cm³/mol. The monoisotopic (exact) mass is 342 g/mol. The van der Waals surface area contributed by atoms with Gasteiger partial charge in [-0.15, -0.1) is 0 Å². The molecule has 0 fully saturated rings. The second kappa shape index (κ2) is 7.43. The summed E-state index contributed by atoms with van der Waals surface area (Å²) in [6.45, 7) is 1.95. The molecule has 2 rings (SSSR count). The lowest BCUT2D eigenvalue weighted by Gasteiger charge is -2.13. The van der Waals surface area contributed by atoms with Crippen LogP contribution in [0.1, 0.15) is 31.8 Å². The Hall–Kier alpha value is -3.42. The Morgan fingerprint density at radius 3 is 2.56 bits per heavy atom. The van der Waals surface area contributed by atoms with E-state index >= 15 is 0 Å². The van der Waals surface area contributed by atoms with Crippen molar-refractivity contribution in [2.24, 2.45) is 5.73 Å². The molecule has 0 aromatic heterocycles. The van der Waals surface area contributed by atoms with E-state index in [1.54, 1.807) is 32.2 Å². The van der Waals surface area contributed by atoms with Gasteiger partial charge in [0, 0.05) is 42.0 Å². The van der Waals surface area contributed by atoms with Crippen molar-refractivity contribution in [2.75, 3.05) is 12.4 Å². The van der Waals surface area contributed by atoms with Crippen LogP contribution in [0.2, 0.25) is 0 Å². The minimum Gasteiger partial charge on any atom is -0.380 e. The van der Waals surface area contributed by atoms with Crippen LogP contribution in [0, 0.1) is 17.0 Å². The van der Waals surface area contributed by atoms with Crippen LogP contribution in [-0.4, -0.2) is 23.8 Å². The van der Waals surface area contributed by atoms with Crippen molar-refractivity contribution in [1.82, 2.24) is 5.32 Å². The van der Waals surface area contributed by atoms with Crippen molar-refractivity contribution < 1.29 is 14.5 Å². The first-order valence-corrected chi connectivity index (χ1v) is 7.47. The third kappa shape index (κ3) is 3.92. The van der Waals surface area contributed by atoms with E-state index in [0.717, 1.165) is 11.6 Å². The van der Waals surface area contributed by atoms with E-state index in [4.69, 9.17) is 5.73 Å². The fourth-order valence-corrected chi connectivity index (χ4v) is 2.43. The van der Waals surface area contributed by atoms with Gasteiger partial charge in [-0.05, 0) is 36.8 Å². The van der Waals surface area contributed by atoms with Gasteiger partial charge in [0.15, 0.2) is 0 Å². The molecule has 0 atom stereocenters. The summed E-state index contributed by atoms with van der Waals surface area (Å²) in [6, 6.07) is 9.30. The molecule has 0 aliphatic heterocycles. The number of nitrogens with one attached hydrogen (secondary N) is 2. The molecule has 0 spiro atoms. The fraction of sp³-hybridized carbons (Fsp3) is 0.176. The highest BCUT2D eigenvalue weighted by Gasteiger charge is 2.17. The molecule has 2 amide bonds. The number of rotatable bonds is 6. The van der Waals surface area contributed by atoms with Gasteiger partial charge in [0.25, 0.3) is 11.6 Å². The number of carbonyl (C=O) groups is 2. The van der Waals surface area contributed by atoms with Crippen LogP contribution < -0.4 is 16.4 Å². The Morgan fingerprint density at radius 2 is 1.96 bits per heavy atom. The quantitative estimate of drug-likeness (QED) is 0.546. The molecule has 25 heavy (non-hydrogen) atoms. The molecule has 0 radical (unpaired) electrons. The molecular weight excluding hydrogens is 324 g/mol. The molecule has 0 aliphatic carbocycles. The molecule has 0 saturated heterocycles. The average molecular weight is 342 g/mol. The maximum atomic E-state index is 11.8. The lowest BCUT2D eigenvalue weighted by atomic mass is 10.0. The summed E-state index contributed by atoms with van der Waals surface area (Å²) in [6.07, 6.45) is 0. The number of hydrogen-bond donors (Lipinski definition) is 3. The van der Waals surface area contributed by atoms with E-state index in [0.29, 0.717) is 16.8 Å². The van der Waals surface area contributed by atoms with Crippen molar-refractivity contribution in [3.8, 4) is 0 Å². The van der Waals surface area contributed by atoms with Gasteiger partial charge in [0.1, 0.15) is 0 Å². The van der Waals surface area contributed by atoms with Crippen LogP contribution in [0.5, 0.6) is 0 Å². The standard InChI is InChI=1S/C17H18N4O4/c1-10-13(17(23)19-2)4-3-5-14(10)20-9-12-7-6-11(16(18)22)8-15(12)21(24)25/h3-8,20H,9H2,1-2H3,(H2,18,22)(H,19,23). The fourth-order valence-electron chi connectivity index (χ4n) is 2.43. The highest BCUT2D eigenvalue weighted by Crippen LogP contribution is 2.24. The van der Waals surface area contributed by atoms with E-state index in [1.807, 2.05) is 0 Å². The summed E-state index contributed by atoms with van der Waals surface area (Å²) in [7, 11) is 1.55. The Balaban J connectivity index is 2.29. The zero-order valence-electron chi connectivity index (χ0n) is 13.8. The SMILES string of the molecule is CNC(=O)c1cccc(NCc2ccc(C(N)=O)cc2[N+](=O)[O-])c1C. The highest BCUT2D eigenvalue weighted by atomic mass is 16.6. The van der Waals surface area contributed by atoms with Gasteiger partial charge in [-0.3, -0.25) is 19.7 Å². The van der Waals surface area contributed by atoms with E-state index < -0.39 is 10.8 Å². The smallest absolute Gasteiger partial charge is 0.275 e. The number of nitro groups is 1. The van der Waals surface area contributed by atoms with Gasteiger partial charge in [-0.1, -0.05) is 6.07 Å². The van der Waals surface area contributed by atoms with E-state index in [2.05, 4.69) is 10.6 Å². The first kappa shape index (κ1) is 17.9. The lowest BCUT2D eigenvalue weighted by Crippen LogP contribution is -2.19. The van der Waals surface area contributed by atoms with Gasteiger partial charge in [0.2, 0.25) is 5.91 Å². The Bertz CT molecular complexity index is 849. The number of amides is 2. The van der Waals surface area contributed by atoms with E-state index in [-0.39, 0.29) is 23.7 Å². The summed E-state index contributed by atoms with van der Waals surface area (Å²) >= 11 is 0. The molecule has 8 nitrogen and oxygen atoms in total. The second-order valence-corrected chi connectivity index (χ2v) is 5.38. The van der Waals surface area contributed by atoms with E-state index in [9.17, 15) is 19.7 Å². The topological polar surface area (TPSA) is 127 Å². The average Bonchev–Trinajstić information content (AvgIpc) is 2.59. The largest absolute Gasteiger partial charge is 0.380 e. The summed E-state index contributed by atoms with van der Waals surface area (Å²) < 4.78 is 0. The molecule has 0 heterocycles. The minimum atomic E-state index is -0.725. The maximum absolute atomic E-state index is 11.8. The third-order valence-electron chi connectivity index (χ3n) is 3.84. The number of anilines is 1. The van der Waals surface area contributed by atoms with Crippen LogP contribution in [-0.2, 0) is 6.54 Å². The highest BCUT2D eigenvalue weighted by molar-refractivity contribution is 5.96. The molecule has 4 N–H and O–H groups in total. The van der Waals surface area contributed by atoms with Gasteiger partial charge < -0.3 is 16.4 Å². The van der Waals surface area contributed by atoms with Crippen LogP contribution in [0.25, 0.3) is 0 Å². The van der Waals surface area contributed by atoms with Crippen molar-refractivity contribution >= 4 is 23.2 Å². The number of carbonyl (C=O) groups excluding carboxylic acids is 2. The van der Waals surface area contributed by atoms with Crippen LogP contribution in [0.3, 0.4) is 0 Å². The van der Waals surface area contributed by atoms with Gasteiger partial charge in [-0.2, -0.15) is 0 Å². The Labute approximate surface area is 144 Å². The number of nitrogens with zero attached hydrogens (tertiary/aromatic N) is 1. The first-order chi connectivity index (χ1) is 11.8. The number of nitrogens with two attached hydrogens (primary N) is 1. The van der Waals surface area contributed by atoms with E-state index in [1.165, 1.54) is 12.1 Å². The molecular formula is C17H18N4O4. The Morgan fingerprint density at radius 1 is 1.24 bits per heavy atom. The molecule has 2 aromatic rings. The molecule has 0 saturated carbocycles. The van der Waals surface area contributed by atoms with Crippen molar-refractivity contribution in [3.05, 3.63) is 68.8 Å². The molecule has 8 heteroatoms. The number of primary amides is 1. The molecule has 0 aliphatic rings. The summed E-state index contributed by atoms with van der Waals surface area (Å²) in [5, 5.41) is 16.9. The van der Waals surface area contributed by atoms with Gasteiger partial charge >= 0.3 is 0 Å². The number of nitro benzene ring substituents is 1. The molecule has 0 bridgehead atoms. The van der Waals surface area contributed by atoms with Crippen LogP contribution in [0.4, 0.5) is 11.4 Å². The van der Waals surface area contributed by atoms with Crippen LogP contribution >= 0.6 is 0 Å². The van der Waals surface area contributed by atoms with Crippen molar-refractivity contribution in [1.29, 1.82) is 0 Å². The minimum absolute atomic E-state index is 0.0771. The molecule has 2 aromatic carbocycles. The van der Waals surface area contributed by atoms with Crippen molar-refractivity contribution in [2.45, 2.75) is 13.5 Å². The first-order valence-electron chi connectivity index (χ1n) is 7.47. The zero-order chi connectivity index (χ0) is 18.6. The zero-order valence-corrected chi connectivity index (χ0v) is 13.8. The number of hydrogen-bond acceptors (Lipinski definition) is 5. The Kier molecular flexibility index (Phi) is 5.33. The number of benzene rings is 2. The lowest BCUT2D eigenvalue weighted by molar-refractivity contribution is -0.385. The maximum Gasteiger partial charge on any atom is 0.275 e. The van der Waals surface area contributed by atoms with Crippen LogP contribution in [0.15, 0.2) is 36.4 Å². The summed E-state index contributed by atoms with van der Waals surface area (Å²) in [4.78, 5) is 33.7. The predicted octanol–water partition coefficient (Wildman–Crippen LogP) is 1.97. The van der Waals surface area contributed by atoms with Crippen molar-refractivity contribution in [3.63, 3.8) is 0 Å². The normalized spacial score (nSPS) is 10.2. The summed E-state index contributed by atoms with van der Waals surface area (Å²) in [5.74, 6) is -0.935. The summed E-state index contributed by atoms with van der Waals surface area (Å²) in [5.41, 5.74) is 7.39. The second-order valence-electron chi connectivity index (χ2n) is 5.38.